The molecule has 1 aromatic rings. The second-order valence-corrected chi connectivity index (χ2v) is 7.71. The molecule has 0 amide bonds. The molecule has 2 nitrogen and oxygen atoms in total. The second-order valence-electron chi connectivity index (χ2n) is 7.71. The minimum absolute atomic E-state index is 0.407. The average molecular weight is 272 g/mol. The van der Waals surface area contributed by atoms with Gasteiger partial charge in [0.1, 0.15) is 0 Å². The molecule has 2 aliphatic rings. The van der Waals surface area contributed by atoms with Gasteiger partial charge in [0.15, 0.2) is 0 Å². The van der Waals surface area contributed by atoms with Crippen LogP contribution in [0.5, 0.6) is 0 Å². The fourth-order valence-electron chi connectivity index (χ4n) is 3.11. The highest BCUT2D eigenvalue weighted by Gasteiger charge is 2.34. The van der Waals surface area contributed by atoms with Crippen LogP contribution < -0.4 is 10.2 Å². The van der Waals surface area contributed by atoms with Crippen LogP contribution in [0.1, 0.15) is 45.6 Å². The van der Waals surface area contributed by atoms with Gasteiger partial charge in [-0.1, -0.05) is 39.0 Å². The first-order valence-electron chi connectivity index (χ1n) is 8.09. The largest absolute Gasteiger partial charge is 0.370 e. The predicted octanol–water partition coefficient (Wildman–Crippen LogP) is 3.81. The van der Waals surface area contributed by atoms with Gasteiger partial charge in [0, 0.05) is 31.4 Å². The Morgan fingerprint density at radius 2 is 1.95 bits per heavy atom. The smallest absolute Gasteiger partial charge is 0.0412 e. The normalized spacial score (nSPS) is 23.4. The van der Waals surface area contributed by atoms with Gasteiger partial charge < -0.3 is 10.2 Å². The maximum absolute atomic E-state index is 3.79. The Kier molecular flexibility index (Phi) is 3.76. The van der Waals surface area contributed by atoms with E-state index in [9.17, 15) is 0 Å². The number of fused-ring (bicyclic) bond motifs is 1. The van der Waals surface area contributed by atoms with Crippen LogP contribution in [0.25, 0.3) is 0 Å². The van der Waals surface area contributed by atoms with Crippen molar-refractivity contribution in [1.82, 2.24) is 5.32 Å². The second kappa shape index (κ2) is 5.40. The minimum atomic E-state index is 0.407. The standard InChI is InChI=1S/C18H28N2/c1-18(2,3)10-11-20-13-16(14-8-9-14)19-12-15-6-4-5-7-17(15)20/h4-7,14,16,19H,8-13H2,1-3H3. The maximum atomic E-state index is 3.79. The van der Waals surface area contributed by atoms with E-state index >= 15 is 0 Å². The zero-order valence-corrected chi connectivity index (χ0v) is 13.2. The van der Waals surface area contributed by atoms with E-state index in [0.717, 1.165) is 12.5 Å². The molecule has 0 spiro atoms. The Hall–Kier alpha value is -1.02. The zero-order chi connectivity index (χ0) is 14.2. The summed E-state index contributed by atoms with van der Waals surface area (Å²) in [6.45, 7) is 10.4. The summed E-state index contributed by atoms with van der Waals surface area (Å²) in [6, 6.07) is 9.61. The van der Waals surface area contributed by atoms with Crippen LogP contribution in [-0.2, 0) is 6.54 Å². The van der Waals surface area contributed by atoms with Gasteiger partial charge in [0.25, 0.3) is 0 Å². The number of nitrogens with zero attached hydrogens (tertiary/aromatic N) is 1. The first-order valence-corrected chi connectivity index (χ1v) is 8.09. The summed E-state index contributed by atoms with van der Waals surface area (Å²) in [4.78, 5) is 2.63. The summed E-state index contributed by atoms with van der Waals surface area (Å²) >= 11 is 0. The highest BCUT2D eigenvalue weighted by atomic mass is 15.2. The SMILES string of the molecule is CC(C)(C)CCN1CC(C2CC2)NCc2ccccc21. The lowest BCUT2D eigenvalue weighted by molar-refractivity contribution is 0.372. The first-order chi connectivity index (χ1) is 9.53. The van der Waals surface area contributed by atoms with Crippen molar-refractivity contribution in [2.75, 3.05) is 18.0 Å². The van der Waals surface area contributed by atoms with Gasteiger partial charge >= 0.3 is 0 Å². The lowest BCUT2D eigenvalue weighted by atomic mass is 9.92. The molecule has 2 heteroatoms. The Morgan fingerprint density at radius 3 is 2.65 bits per heavy atom. The molecule has 1 fully saturated rings. The predicted molar refractivity (Wildman–Crippen MR) is 86.1 cm³/mol. The van der Waals surface area contributed by atoms with E-state index in [-0.39, 0.29) is 0 Å². The number of anilines is 1. The summed E-state index contributed by atoms with van der Waals surface area (Å²) in [5.41, 5.74) is 3.32. The molecular weight excluding hydrogens is 244 g/mol. The average Bonchev–Trinajstić information content (AvgIpc) is 3.22. The van der Waals surface area contributed by atoms with E-state index in [1.807, 2.05) is 0 Å². The van der Waals surface area contributed by atoms with Gasteiger partial charge in [0.2, 0.25) is 0 Å². The van der Waals surface area contributed by atoms with Crippen LogP contribution in [0.4, 0.5) is 5.69 Å². The molecule has 1 aromatic carbocycles. The number of rotatable bonds is 3. The number of para-hydroxylation sites is 1. The number of benzene rings is 1. The molecule has 0 aromatic heterocycles. The van der Waals surface area contributed by atoms with E-state index in [0.29, 0.717) is 11.5 Å². The Morgan fingerprint density at radius 1 is 1.20 bits per heavy atom. The van der Waals surface area contributed by atoms with Gasteiger partial charge in [0.05, 0.1) is 0 Å². The summed E-state index contributed by atoms with van der Waals surface area (Å²) in [5.74, 6) is 0.918. The van der Waals surface area contributed by atoms with Crippen molar-refractivity contribution < 1.29 is 0 Å². The van der Waals surface area contributed by atoms with E-state index < -0.39 is 0 Å². The summed E-state index contributed by atoms with van der Waals surface area (Å²) in [6.07, 6.45) is 4.08. The van der Waals surface area contributed by atoms with E-state index in [1.54, 1.807) is 0 Å². The summed E-state index contributed by atoms with van der Waals surface area (Å²) in [7, 11) is 0. The van der Waals surface area contributed by atoms with Crippen molar-refractivity contribution in [3.05, 3.63) is 29.8 Å². The molecule has 0 saturated heterocycles. The van der Waals surface area contributed by atoms with Crippen LogP contribution in [-0.4, -0.2) is 19.1 Å². The lowest BCUT2D eigenvalue weighted by Gasteiger charge is -2.30. The van der Waals surface area contributed by atoms with Crippen LogP contribution in [0.3, 0.4) is 0 Å². The molecule has 110 valence electrons. The summed E-state index contributed by atoms with van der Waals surface area (Å²) in [5, 5.41) is 3.79. The Balaban J connectivity index is 1.78. The van der Waals surface area contributed by atoms with Gasteiger partial charge in [-0.3, -0.25) is 0 Å². The quantitative estimate of drug-likeness (QED) is 0.900. The van der Waals surface area contributed by atoms with Gasteiger partial charge in [-0.05, 0) is 42.2 Å². The fourth-order valence-corrected chi connectivity index (χ4v) is 3.11. The molecule has 0 radical (unpaired) electrons. The van der Waals surface area contributed by atoms with Crippen molar-refractivity contribution in [2.45, 2.75) is 52.6 Å². The van der Waals surface area contributed by atoms with Crippen LogP contribution in [0, 0.1) is 11.3 Å². The van der Waals surface area contributed by atoms with Crippen molar-refractivity contribution in [3.8, 4) is 0 Å². The van der Waals surface area contributed by atoms with Crippen LogP contribution in [0.15, 0.2) is 24.3 Å². The number of hydrogen-bond donors (Lipinski definition) is 1. The molecule has 1 saturated carbocycles. The molecular formula is C18H28N2. The third kappa shape index (κ3) is 3.35. The lowest BCUT2D eigenvalue weighted by Crippen LogP contribution is -2.40. The molecule has 1 atom stereocenters. The van der Waals surface area contributed by atoms with Gasteiger partial charge in [-0.2, -0.15) is 0 Å². The first kappa shape index (κ1) is 13.9. The Bertz CT molecular complexity index is 457. The number of hydrogen-bond acceptors (Lipinski definition) is 2. The van der Waals surface area contributed by atoms with Crippen LogP contribution in [0.2, 0.25) is 0 Å². The molecule has 1 N–H and O–H groups in total. The molecule has 20 heavy (non-hydrogen) atoms. The zero-order valence-electron chi connectivity index (χ0n) is 13.2. The van der Waals surface area contributed by atoms with E-state index in [1.165, 1.54) is 43.6 Å². The molecule has 1 unspecified atom stereocenters. The van der Waals surface area contributed by atoms with Gasteiger partial charge in [-0.25, -0.2) is 0 Å². The van der Waals surface area contributed by atoms with Crippen molar-refractivity contribution in [3.63, 3.8) is 0 Å². The summed E-state index contributed by atoms with van der Waals surface area (Å²) < 4.78 is 0. The Labute approximate surface area is 123 Å². The van der Waals surface area contributed by atoms with Crippen LogP contribution >= 0.6 is 0 Å². The van der Waals surface area contributed by atoms with Gasteiger partial charge in [-0.15, -0.1) is 0 Å². The third-order valence-corrected chi connectivity index (χ3v) is 4.63. The number of nitrogens with one attached hydrogen (secondary N) is 1. The fraction of sp³-hybridized carbons (Fsp3) is 0.667. The van der Waals surface area contributed by atoms with Crippen molar-refractivity contribution in [2.24, 2.45) is 11.3 Å². The highest BCUT2D eigenvalue weighted by molar-refractivity contribution is 5.54. The van der Waals surface area contributed by atoms with E-state index in [4.69, 9.17) is 0 Å². The topological polar surface area (TPSA) is 15.3 Å². The molecule has 0 bridgehead atoms. The highest BCUT2D eigenvalue weighted by Crippen LogP contribution is 2.36. The van der Waals surface area contributed by atoms with E-state index in [2.05, 4.69) is 55.3 Å². The molecule has 1 aliphatic carbocycles. The minimum Gasteiger partial charge on any atom is -0.370 e. The van der Waals surface area contributed by atoms with Crippen molar-refractivity contribution in [1.29, 1.82) is 0 Å². The molecule has 1 aliphatic heterocycles. The molecule has 1 heterocycles. The third-order valence-electron chi connectivity index (χ3n) is 4.63. The monoisotopic (exact) mass is 272 g/mol. The van der Waals surface area contributed by atoms with Crippen molar-refractivity contribution >= 4 is 5.69 Å². The maximum Gasteiger partial charge on any atom is 0.0412 e. The molecule has 3 rings (SSSR count).